The van der Waals surface area contributed by atoms with Crippen LogP contribution in [0.15, 0.2) is 60.8 Å². The minimum Gasteiger partial charge on any atom is -0.361 e. The Hall–Kier alpha value is -2.39. The number of para-hydroxylation sites is 1. The van der Waals surface area contributed by atoms with Crippen LogP contribution < -0.4 is 5.73 Å². The molecule has 21 heavy (non-hydrogen) atoms. The summed E-state index contributed by atoms with van der Waals surface area (Å²) in [5.41, 5.74) is 8.22. The van der Waals surface area contributed by atoms with Crippen molar-refractivity contribution in [3.05, 3.63) is 60.8 Å². The number of ketones is 1. The van der Waals surface area contributed by atoms with E-state index >= 15 is 0 Å². The fourth-order valence-corrected chi connectivity index (χ4v) is 1.93. The average molecular weight is 282 g/mol. The molecule has 110 valence electrons. The quantitative estimate of drug-likeness (QED) is 0.708. The first-order valence-corrected chi connectivity index (χ1v) is 6.85. The molecule has 1 aromatic heterocycles. The van der Waals surface area contributed by atoms with Gasteiger partial charge >= 0.3 is 0 Å². The van der Waals surface area contributed by atoms with Crippen molar-refractivity contribution in [2.75, 3.05) is 7.05 Å². The number of fused-ring (bicyclic) bond motifs is 1. The molecule has 3 aromatic rings. The molecule has 0 aliphatic rings. The van der Waals surface area contributed by atoms with Gasteiger partial charge in [0.2, 0.25) is 0 Å². The molecule has 0 radical (unpaired) electrons. The molecule has 2 aromatic carbocycles. The Morgan fingerprint density at radius 1 is 0.905 bits per heavy atom. The van der Waals surface area contributed by atoms with E-state index in [1.54, 1.807) is 0 Å². The van der Waals surface area contributed by atoms with E-state index in [4.69, 9.17) is 0 Å². The van der Waals surface area contributed by atoms with E-state index in [-0.39, 0.29) is 5.78 Å². The summed E-state index contributed by atoms with van der Waals surface area (Å²) in [6, 6.07) is 18.8. The summed E-state index contributed by atoms with van der Waals surface area (Å²) in [6.07, 6.45) is 2.07. The van der Waals surface area contributed by atoms with E-state index < -0.39 is 0 Å². The van der Waals surface area contributed by atoms with E-state index in [1.165, 1.54) is 42.9 Å². The lowest BCUT2D eigenvalue weighted by Crippen LogP contribution is -1.73. The number of carbonyl (C=O) groups is 1. The first kappa shape index (κ1) is 16.7. The van der Waals surface area contributed by atoms with Gasteiger partial charge in [0.15, 0.2) is 0 Å². The summed E-state index contributed by atoms with van der Waals surface area (Å²) >= 11 is 0. The molecule has 0 spiro atoms. The Kier molecular flexibility index (Phi) is 6.92. The monoisotopic (exact) mass is 282 g/mol. The van der Waals surface area contributed by atoms with Crippen molar-refractivity contribution < 1.29 is 4.79 Å². The maximum atomic E-state index is 9.44. The number of Topliss-reactive ketones (excluding diaryl/α,β-unsaturated/α-hetero) is 1. The van der Waals surface area contributed by atoms with Crippen molar-refractivity contribution in [2.24, 2.45) is 5.73 Å². The van der Waals surface area contributed by atoms with Crippen LogP contribution in [-0.4, -0.2) is 17.8 Å². The number of hydrogen-bond donors (Lipinski definition) is 2. The highest BCUT2D eigenvalue weighted by atomic mass is 16.1. The van der Waals surface area contributed by atoms with E-state index in [0.29, 0.717) is 0 Å². The standard InChI is InChI=1S/C14H11N.C3H6O.CH5N/c1-2-6-11(7-3-1)13-10-15-14-9-5-4-8-12(13)14;1-3(2)4;1-2/h1-10,15H;1-2H3;2H2,1H3. The number of rotatable bonds is 1. The van der Waals surface area contributed by atoms with Gasteiger partial charge in [0, 0.05) is 22.7 Å². The van der Waals surface area contributed by atoms with Crippen molar-refractivity contribution in [1.29, 1.82) is 0 Å². The summed E-state index contributed by atoms with van der Waals surface area (Å²) in [6.45, 7) is 3.06. The summed E-state index contributed by atoms with van der Waals surface area (Å²) in [5, 5.41) is 1.28. The molecule has 0 atom stereocenters. The zero-order valence-electron chi connectivity index (χ0n) is 12.8. The molecule has 3 rings (SSSR count). The molecular weight excluding hydrogens is 260 g/mol. The first-order chi connectivity index (χ1) is 10.2. The molecule has 0 saturated carbocycles. The zero-order valence-corrected chi connectivity index (χ0v) is 12.8. The molecule has 1 heterocycles. The van der Waals surface area contributed by atoms with Crippen LogP contribution in [0.5, 0.6) is 0 Å². The van der Waals surface area contributed by atoms with Gasteiger partial charge in [-0.15, -0.1) is 0 Å². The maximum absolute atomic E-state index is 9.44. The molecule has 0 amide bonds. The molecule has 0 aliphatic carbocycles. The summed E-state index contributed by atoms with van der Waals surface area (Å²) in [5.74, 6) is 0.167. The lowest BCUT2D eigenvalue weighted by molar-refractivity contribution is -0.114. The molecule has 3 nitrogen and oxygen atoms in total. The van der Waals surface area contributed by atoms with Crippen LogP contribution in [0.2, 0.25) is 0 Å². The van der Waals surface area contributed by atoms with E-state index in [0.717, 1.165) is 0 Å². The zero-order chi connectivity index (χ0) is 15.7. The number of aromatic nitrogens is 1. The SMILES string of the molecule is CC(C)=O.CN.c1ccc(-c2c[nH]c3ccccc23)cc1. The minimum absolute atomic E-state index is 0.167. The smallest absolute Gasteiger partial charge is 0.126 e. The van der Waals surface area contributed by atoms with E-state index in [2.05, 4.69) is 59.4 Å². The number of nitrogens with two attached hydrogens (primary N) is 1. The third-order valence-electron chi connectivity index (χ3n) is 2.67. The number of benzene rings is 2. The van der Waals surface area contributed by atoms with E-state index in [9.17, 15) is 4.79 Å². The Labute approximate surface area is 125 Å². The third-order valence-corrected chi connectivity index (χ3v) is 2.67. The van der Waals surface area contributed by atoms with Gasteiger partial charge in [-0.05, 0) is 32.5 Å². The Bertz CT molecular complexity index is 668. The number of nitrogens with one attached hydrogen (secondary N) is 1. The summed E-state index contributed by atoms with van der Waals surface area (Å²) < 4.78 is 0. The van der Waals surface area contributed by atoms with Gasteiger partial charge in [-0.3, -0.25) is 0 Å². The van der Waals surface area contributed by atoms with E-state index in [1.807, 2.05) is 12.1 Å². The molecule has 0 saturated heterocycles. The Morgan fingerprint density at radius 2 is 1.43 bits per heavy atom. The largest absolute Gasteiger partial charge is 0.361 e. The van der Waals surface area contributed by atoms with Crippen LogP contribution in [-0.2, 0) is 4.79 Å². The fourth-order valence-electron chi connectivity index (χ4n) is 1.93. The Balaban J connectivity index is 0.000000322. The molecule has 0 fully saturated rings. The highest BCUT2D eigenvalue weighted by Crippen LogP contribution is 2.27. The molecule has 0 unspecified atom stereocenters. The average Bonchev–Trinajstić information content (AvgIpc) is 2.94. The summed E-state index contributed by atoms with van der Waals surface area (Å²) in [4.78, 5) is 12.7. The number of aromatic amines is 1. The fraction of sp³-hybridized carbons (Fsp3) is 0.167. The van der Waals surface area contributed by atoms with Crippen molar-refractivity contribution in [2.45, 2.75) is 13.8 Å². The van der Waals surface area contributed by atoms with Gasteiger partial charge in [-0.25, -0.2) is 0 Å². The number of carbonyl (C=O) groups excluding carboxylic acids is 1. The molecule has 0 aliphatic heterocycles. The van der Waals surface area contributed by atoms with Crippen LogP contribution in [0.3, 0.4) is 0 Å². The second-order valence-corrected chi connectivity index (χ2v) is 4.52. The van der Waals surface area contributed by atoms with Crippen molar-refractivity contribution in [3.63, 3.8) is 0 Å². The van der Waals surface area contributed by atoms with Crippen molar-refractivity contribution >= 4 is 16.7 Å². The normalized spacial score (nSPS) is 9.14. The number of hydrogen-bond acceptors (Lipinski definition) is 2. The Morgan fingerprint density at radius 3 is 2.05 bits per heavy atom. The van der Waals surface area contributed by atoms with Gasteiger partial charge in [-0.2, -0.15) is 0 Å². The predicted molar refractivity (Wildman–Crippen MR) is 90.2 cm³/mol. The number of H-pyrrole nitrogens is 1. The second kappa shape index (κ2) is 8.72. The topological polar surface area (TPSA) is 58.9 Å². The first-order valence-electron chi connectivity index (χ1n) is 6.85. The van der Waals surface area contributed by atoms with Gasteiger partial charge in [0.05, 0.1) is 0 Å². The third kappa shape index (κ3) is 4.89. The van der Waals surface area contributed by atoms with Crippen molar-refractivity contribution in [1.82, 2.24) is 4.98 Å². The van der Waals surface area contributed by atoms with Gasteiger partial charge < -0.3 is 15.5 Å². The molecule has 3 heteroatoms. The highest BCUT2D eigenvalue weighted by Gasteiger charge is 2.03. The maximum Gasteiger partial charge on any atom is 0.126 e. The van der Waals surface area contributed by atoms with Crippen LogP contribution in [0, 0.1) is 0 Å². The predicted octanol–water partition coefficient (Wildman–Crippen LogP) is 4.01. The lowest BCUT2D eigenvalue weighted by Gasteiger charge is -1.97. The van der Waals surface area contributed by atoms with Crippen LogP contribution in [0.4, 0.5) is 0 Å². The van der Waals surface area contributed by atoms with Crippen LogP contribution in [0.1, 0.15) is 13.8 Å². The van der Waals surface area contributed by atoms with Crippen LogP contribution in [0.25, 0.3) is 22.0 Å². The van der Waals surface area contributed by atoms with Crippen LogP contribution >= 0.6 is 0 Å². The molecular formula is C18H22N2O. The van der Waals surface area contributed by atoms with Gasteiger partial charge in [0.25, 0.3) is 0 Å². The second-order valence-electron chi connectivity index (χ2n) is 4.52. The van der Waals surface area contributed by atoms with Gasteiger partial charge in [-0.1, -0.05) is 48.5 Å². The van der Waals surface area contributed by atoms with Gasteiger partial charge in [0.1, 0.15) is 5.78 Å². The highest BCUT2D eigenvalue weighted by molar-refractivity contribution is 5.95. The summed E-state index contributed by atoms with van der Waals surface area (Å²) in [7, 11) is 1.50. The molecule has 0 bridgehead atoms. The lowest BCUT2D eigenvalue weighted by atomic mass is 10.1. The molecule has 3 N–H and O–H groups in total. The van der Waals surface area contributed by atoms with Crippen molar-refractivity contribution in [3.8, 4) is 11.1 Å². The minimum atomic E-state index is 0.167.